The number of hydrogen-bond donors (Lipinski definition) is 5. The molecule has 0 aliphatic carbocycles. The summed E-state index contributed by atoms with van der Waals surface area (Å²) in [5.41, 5.74) is 5.05. The number of nitrogens with two attached hydrogens (primary N) is 1. The molecule has 3 heterocycles. The summed E-state index contributed by atoms with van der Waals surface area (Å²) in [6.07, 6.45) is 7.75. The molecule has 6 N–H and O–H groups in total. The molecular weight excluding hydrogens is 548 g/mol. The van der Waals surface area contributed by atoms with Crippen molar-refractivity contribution in [2.24, 2.45) is 5.73 Å². The molecule has 42 heavy (non-hydrogen) atoms. The number of piperidine rings is 2. The summed E-state index contributed by atoms with van der Waals surface area (Å²) in [6, 6.07) is 6.68. The smallest absolute Gasteiger partial charge is 0.336 e. The lowest BCUT2D eigenvalue weighted by molar-refractivity contribution is -0.170. The molecule has 1 unspecified atom stereocenters. The number of fused-ring (bicyclic) bond motifs is 1. The Balaban J connectivity index is 0.000000316. The molecular formula is C29H42N4O9. The van der Waals surface area contributed by atoms with Crippen molar-refractivity contribution in [2.75, 3.05) is 33.3 Å². The second kappa shape index (κ2) is 15.0. The number of ether oxygens (including phenoxy) is 1. The Hall–Kier alpha value is -3.68. The van der Waals surface area contributed by atoms with Crippen molar-refractivity contribution in [3.8, 4) is 5.75 Å². The van der Waals surface area contributed by atoms with Gasteiger partial charge in [-0.1, -0.05) is 12.8 Å². The third-order valence-corrected chi connectivity index (χ3v) is 7.82. The minimum absolute atomic E-state index is 0.208. The van der Waals surface area contributed by atoms with Gasteiger partial charge in [0.2, 0.25) is 5.91 Å². The molecule has 13 nitrogen and oxygen atoms in total. The van der Waals surface area contributed by atoms with Gasteiger partial charge >= 0.3 is 17.9 Å². The summed E-state index contributed by atoms with van der Waals surface area (Å²) in [7, 11) is 1.69. The highest BCUT2D eigenvalue weighted by molar-refractivity contribution is 5.88. The topological polar surface area (TPSA) is 196 Å². The molecule has 2 aromatic rings. The molecule has 0 radical (unpaired) electrons. The third kappa shape index (κ3) is 9.16. The monoisotopic (exact) mass is 590 g/mol. The SMILES string of the molecule is COc1ccc2c(c1)c(CN1CCCCC1CN1CCCCC1)cn2CC(N)=O.O=C(O)CC(O)(CC(=O)O)C(=O)O. The maximum atomic E-state index is 11.6. The van der Waals surface area contributed by atoms with Gasteiger partial charge in [-0.15, -0.1) is 0 Å². The van der Waals surface area contributed by atoms with Gasteiger partial charge in [0.05, 0.1) is 20.0 Å². The minimum atomic E-state index is -2.74. The van der Waals surface area contributed by atoms with Crippen molar-refractivity contribution >= 4 is 34.7 Å². The zero-order valence-corrected chi connectivity index (χ0v) is 24.0. The fourth-order valence-electron chi connectivity index (χ4n) is 5.75. The van der Waals surface area contributed by atoms with Gasteiger partial charge in [-0.2, -0.15) is 0 Å². The Morgan fingerprint density at radius 3 is 2.19 bits per heavy atom. The first-order chi connectivity index (χ1) is 19.9. The van der Waals surface area contributed by atoms with Gasteiger partial charge in [-0.3, -0.25) is 19.3 Å². The minimum Gasteiger partial charge on any atom is -0.497 e. The molecule has 1 aromatic carbocycles. The van der Waals surface area contributed by atoms with Gasteiger partial charge < -0.3 is 40.4 Å². The number of primary amides is 1. The van der Waals surface area contributed by atoms with E-state index in [0.29, 0.717) is 6.04 Å². The van der Waals surface area contributed by atoms with Gasteiger partial charge in [0.1, 0.15) is 12.3 Å². The van der Waals surface area contributed by atoms with Crippen molar-refractivity contribution in [2.45, 2.75) is 76.1 Å². The van der Waals surface area contributed by atoms with Gasteiger partial charge in [-0.25, -0.2) is 4.79 Å². The molecule has 232 valence electrons. The summed E-state index contributed by atoms with van der Waals surface area (Å²) >= 11 is 0. The summed E-state index contributed by atoms with van der Waals surface area (Å²) in [4.78, 5) is 47.4. The number of carbonyl (C=O) groups excluding carboxylic acids is 1. The number of likely N-dealkylation sites (tertiary alicyclic amines) is 2. The van der Waals surface area contributed by atoms with Gasteiger partial charge in [-0.05, 0) is 69.1 Å². The lowest BCUT2D eigenvalue weighted by Gasteiger charge is -2.39. The Morgan fingerprint density at radius 1 is 0.976 bits per heavy atom. The average Bonchev–Trinajstić information content (AvgIpc) is 3.25. The molecule has 2 saturated heterocycles. The van der Waals surface area contributed by atoms with E-state index in [0.717, 1.165) is 29.7 Å². The Morgan fingerprint density at radius 2 is 1.62 bits per heavy atom. The van der Waals surface area contributed by atoms with E-state index in [1.807, 2.05) is 16.7 Å². The van der Waals surface area contributed by atoms with E-state index in [4.69, 9.17) is 30.9 Å². The first-order valence-corrected chi connectivity index (χ1v) is 14.2. The Bertz CT molecular complexity index is 1240. The number of amides is 1. The number of nitrogens with zero attached hydrogens (tertiary/aromatic N) is 3. The second-order valence-corrected chi connectivity index (χ2v) is 11.1. The number of carbonyl (C=O) groups is 4. The molecule has 1 aromatic heterocycles. The molecule has 4 rings (SSSR count). The average molecular weight is 591 g/mol. The highest BCUT2D eigenvalue weighted by atomic mass is 16.5. The quantitative estimate of drug-likeness (QED) is 0.241. The van der Waals surface area contributed by atoms with Crippen molar-refractivity contribution in [3.05, 3.63) is 30.0 Å². The maximum absolute atomic E-state index is 11.6. The Labute approximate surface area is 244 Å². The van der Waals surface area contributed by atoms with Crippen LogP contribution in [-0.2, 0) is 32.3 Å². The number of benzene rings is 1. The van der Waals surface area contributed by atoms with Crippen LogP contribution in [0.4, 0.5) is 0 Å². The molecule has 13 heteroatoms. The van der Waals surface area contributed by atoms with Crippen LogP contribution in [0.1, 0.15) is 56.9 Å². The van der Waals surface area contributed by atoms with Gasteiger partial charge in [0.25, 0.3) is 0 Å². The number of aliphatic hydroxyl groups is 1. The molecule has 2 fully saturated rings. The lowest BCUT2D eigenvalue weighted by Crippen LogP contribution is -2.47. The van der Waals surface area contributed by atoms with E-state index >= 15 is 0 Å². The number of aromatic nitrogens is 1. The maximum Gasteiger partial charge on any atom is 0.336 e. The van der Waals surface area contributed by atoms with E-state index in [9.17, 15) is 19.2 Å². The largest absolute Gasteiger partial charge is 0.497 e. The fourth-order valence-corrected chi connectivity index (χ4v) is 5.75. The zero-order valence-electron chi connectivity index (χ0n) is 24.0. The molecule has 0 bridgehead atoms. The van der Waals surface area contributed by atoms with Crippen LogP contribution in [0.5, 0.6) is 5.75 Å². The predicted molar refractivity (Wildman–Crippen MR) is 153 cm³/mol. The lowest BCUT2D eigenvalue weighted by atomic mass is 9.96. The van der Waals surface area contributed by atoms with Crippen molar-refractivity contribution in [3.63, 3.8) is 0 Å². The van der Waals surface area contributed by atoms with E-state index in [-0.39, 0.29) is 12.5 Å². The van der Waals surface area contributed by atoms with Crippen molar-refractivity contribution in [1.29, 1.82) is 0 Å². The molecule has 0 spiro atoms. The van der Waals surface area contributed by atoms with Crippen LogP contribution in [0, 0.1) is 0 Å². The van der Waals surface area contributed by atoms with Crippen molar-refractivity contribution in [1.82, 2.24) is 14.4 Å². The van der Waals surface area contributed by atoms with Crippen LogP contribution >= 0.6 is 0 Å². The predicted octanol–water partition coefficient (Wildman–Crippen LogP) is 1.73. The number of rotatable bonds is 12. The summed E-state index contributed by atoms with van der Waals surface area (Å²) in [5.74, 6) is -4.49. The molecule has 1 amide bonds. The normalized spacial score (nSPS) is 18.2. The number of carboxylic acids is 3. The van der Waals surface area contributed by atoms with Crippen LogP contribution in [0.2, 0.25) is 0 Å². The highest BCUT2D eigenvalue weighted by Crippen LogP contribution is 2.29. The van der Waals surface area contributed by atoms with Crippen LogP contribution in [0.3, 0.4) is 0 Å². The van der Waals surface area contributed by atoms with E-state index in [2.05, 4.69) is 22.1 Å². The third-order valence-electron chi connectivity index (χ3n) is 7.82. The van der Waals surface area contributed by atoms with Crippen LogP contribution in [-0.4, -0.2) is 104 Å². The summed E-state index contributed by atoms with van der Waals surface area (Å²) in [5, 5.41) is 35.0. The van der Waals surface area contributed by atoms with E-state index < -0.39 is 36.4 Å². The first kappa shape index (κ1) is 32.8. The molecule has 0 saturated carbocycles. The van der Waals surface area contributed by atoms with Gasteiger partial charge in [0.15, 0.2) is 5.60 Å². The highest BCUT2D eigenvalue weighted by Gasteiger charge is 2.40. The Kier molecular flexibility index (Phi) is 11.7. The van der Waals surface area contributed by atoms with Crippen molar-refractivity contribution < 1.29 is 44.3 Å². The number of hydrogen-bond acceptors (Lipinski definition) is 8. The molecule has 1 atom stereocenters. The number of methoxy groups -OCH3 is 1. The summed E-state index contributed by atoms with van der Waals surface area (Å²) < 4.78 is 7.44. The standard InChI is InChI=1S/C23H34N4O2.C6H8O7/c1-29-20-8-9-22-21(13-20)18(15-27(22)17-23(24)28)14-26-12-6-3-7-19(26)16-25-10-4-2-5-11-25;7-3(8)1-6(13,5(11)12)2-4(9)10/h8-9,13,15,19H,2-7,10-12,14,16-17H2,1H3,(H2,24,28);13H,1-2H2,(H,7,8)(H,9,10)(H,11,12). The number of carboxylic acid groups (broad SMARTS) is 3. The van der Waals surface area contributed by atoms with E-state index in [1.54, 1.807) is 7.11 Å². The molecule has 2 aliphatic rings. The van der Waals surface area contributed by atoms with Crippen LogP contribution < -0.4 is 10.5 Å². The second-order valence-electron chi connectivity index (χ2n) is 11.1. The summed E-state index contributed by atoms with van der Waals surface area (Å²) in [6.45, 7) is 5.95. The van der Waals surface area contributed by atoms with E-state index in [1.165, 1.54) is 63.7 Å². The molecule has 2 aliphatic heterocycles. The van der Waals surface area contributed by atoms with Crippen LogP contribution in [0.25, 0.3) is 10.9 Å². The van der Waals surface area contributed by atoms with Crippen LogP contribution in [0.15, 0.2) is 24.4 Å². The zero-order chi connectivity index (χ0) is 30.9. The first-order valence-electron chi connectivity index (χ1n) is 14.2. The number of aliphatic carboxylic acids is 3. The van der Waals surface area contributed by atoms with Gasteiger partial charge in [0, 0.05) is 36.2 Å². The fraction of sp³-hybridized carbons (Fsp3) is 0.586.